The molecule has 34 heavy (non-hydrogen) atoms. The average Bonchev–Trinajstić information content (AvgIpc) is 3.63. The van der Waals surface area contributed by atoms with Gasteiger partial charge in [0.05, 0.1) is 11.1 Å². The second-order valence-corrected chi connectivity index (χ2v) is 10.6. The lowest BCUT2D eigenvalue weighted by Gasteiger charge is -2.42. The Kier molecular flexibility index (Phi) is 6.24. The number of benzene rings is 1. The van der Waals surface area contributed by atoms with Crippen molar-refractivity contribution in [1.29, 1.82) is 0 Å². The molecule has 5 rings (SSSR count). The highest BCUT2D eigenvalue weighted by molar-refractivity contribution is 5.91. The highest BCUT2D eigenvalue weighted by atomic mass is 16.6. The average molecular weight is 462 g/mol. The molecule has 8 unspecified atom stereocenters. The Hall–Kier alpha value is -2.66. The van der Waals surface area contributed by atoms with Gasteiger partial charge in [-0.1, -0.05) is 36.4 Å². The van der Waals surface area contributed by atoms with E-state index in [-0.39, 0.29) is 17.8 Å². The maximum absolute atomic E-state index is 13.1. The van der Waals surface area contributed by atoms with Crippen molar-refractivity contribution in [2.45, 2.75) is 58.3 Å². The van der Waals surface area contributed by atoms with Crippen LogP contribution in [0.3, 0.4) is 0 Å². The van der Waals surface area contributed by atoms with Crippen molar-refractivity contribution in [3.05, 3.63) is 71.3 Å². The number of ether oxygens (including phenoxy) is 2. The molecule has 4 bridgehead atoms. The summed E-state index contributed by atoms with van der Waals surface area (Å²) in [5.74, 6) is 2.40. The lowest BCUT2D eigenvalue weighted by molar-refractivity contribution is -0.159. The van der Waals surface area contributed by atoms with Crippen LogP contribution in [0.15, 0.2) is 60.2 Å². The summed E-state index contributed by atoms with van der Waals surface area (Å²) in [7, 11) is 0. The molecule has 4 aliphatic rings. The molecule has 0 aromatic heterocycles. The largest absolute Gasteiger partial charge is 0.455 e. The van der Waals surface area contributed by atoms with Crippen LogP contribution in [0, 0.1) is 35.5 Å². The van der Waals surface area contributed by atoms with Crippen LogP contribution in [-0.4, -0.2) is 24.1 Å². The summed E-state index contributed by atoms with van der Waals surface area (Å²) in [5.41, 5.74) is 8.52. The number of fused-ring (bicyclic) bond motifs is 9. The minimum absolute atomic E-state index is 0.265. The van der Waals surface area contributed by atoms with E-state index in [4.69, 9.17) is 15.2 Å². The van der Waals surface area contributed by atoms with Gasteiger partial charge in [0, 0.05) is 18.4 Å². The molecule has 0 spiro atoms. The molecule has 5 heteroatoms. The number of allylic oxidation sites excluding steroid dienone is 3. The highest BCUT2D eigenvalue weighted by Crippen LogP contribution is 2.68. The number of carbonyl (C=O) groups is 2. The fraction of sp³-hybridized carbons (Fsp3) is 0.517. The summed E-state index contributed by atoms with van der Waals surface area (Å²) in [6.45, 7) is 8.26. The summed E-state index contributed by atoms with van der Waals surface area (Å²) in [6.07, 6.45) is 9.55. The van der Waals surface area contributed by atoms with Gasteiger partial charge in [-0.2, -0.15) is 0 Å². The van der Waals surface area contributed by atoms with Crippen molar-refractivity contribution in [2.24, 2.45) is 41.2 Å². The first kappa shape index (κ1) is 23.1. The minimum Gasteiger partial charge on any atom is -0.455 e. The molecule has 2 N–H and O–H groups in total. The molecule has 180 valence electrons. The van der Waals surface area contributed by atoms with Crippen LogP contribution in [0.5, 0.6) is 0 Å². The Morgan fingerprint density at radius 3 is 2.21 bits per heavy atom. The van der Waals surface area contributed by atoms with Crippen molar-refractivity contribution in [3.63, 3.8) is 0 Å². The van der Waals surface area contributed by atoms with Gasteiger partial charge in [0.25, 0.3) is 0 Å². The quantitative estimate of drug-likeness (QED) is 0.268. The van der Waals surface area contributed by atoms with Gasteiger partial charge in [-0.3, -0.25) is 0 Å². The molecule has 4 fully saturated rings. The van der Waals surface area contributed by atoms with Crippen LogP contribution in [-0.2, 0) is 20.8 Å². The second-order valence-electron chi connectivity index (χ2n) is 10.6. The molecule has 4 saturated carbocycles. The predicted octanol–water partition coefficient (Wildman–Crippen LogP) is 4.97. The maximum Gasteiger partial charge on any atom is 0.338 e. The van der Waals surface area contributed by atoms with Crippen LogP contribution in [0.1, 0.15) is 55.5 Å². The molecule has 8 atom stereocenters. The van der Waals surface area contributed by atoms with E-state index in [1.165, 1.54) is 19.3 Å². The van der Waals surface area contributed by atoms with E-state index < -0.39 is 18.2 Å². The van der Waals surface area contributed by atoms with Crippen molar-refractivity contribution in [2.75, 3.05) is 0 Å². The molecule has 1 aromatic carbocycles. The van der Waals surface area contributed by atoms with Gasteiger partial charge in [-0.15, -0.1) is 0 Å². The number of hydrogen-bond donors (Lipinski definition) is 1. The SMILES string of the molecule is C=C(/C=C\C(C)=C/C)C(=O)OC1C2CC(C1OC(=O)c1ccc(CN)cc1)C1C3CCC(C3)C21. The minimum atomic E-state index is -0.425. The summed E-state index contributed by atoms with van der Waals surface area (Å²) in [5, 5.41) is 0. The Balaban J connectivity index is 1.35. The molecule has 4 aliphatic carbocycles. The topological polar surface area (TPSA) is 78.6 Å². The molecular formula is C29H35NO4. The molecule has 0 heterocycles. The fourth-order valence-corrected chi connectivity index (χ4v) is 7.35. The Bertz CT molecular complexity index is 1040. The molecule has 1 aromatic rings. The van der Waals surface area contributed by atoms with E-state index in [1.807, 2.05) is 38.1 Å². The number of nitrogens with two attached hydrogens (primary N) is 1. The van der Waals surface area contributed by atoms with Crippen LogP contribution < -0.4 is 5.73 Å². The molecule has 5 nitrogen and oxygen atoms in total. The first-order chi connectivity index (χ1) is 16.4. The normalized spacial score (nSPS) is 35.6. The van der Waals surface area contributed by atoms with Gasteiger partial charge < -0.3 is 15.2 Å². The second kappa shape index (κ2) is 9.18. The monoisotopic (exact) mass is 461 g/mol. The summed E-state index contributed by atoms with van der Waals surface area (Å²) < 4.78 is 12.2. The third-order valence-corrected chi connectivity index (χ3v) is 8.92. The summed E-state index contributed by atoms with van der Waals surface area (Å²) >= 11 is 0. The van der Waals surface area contributed by atoms with Gasteiger partial charge in [0.2, 0.25) is 0 Å². The lowest BCUT2D eigenvalue weighted by atomic mass is 9.69. The third kappa shape index (κ3) is 3.94. The van der Waals surface area contributed by atoms with Crippen LogP contribution in [0.25, 0.3) is 0 Å². The molecule has 0 amide bonds. The Morgan fingerprint density at radius 1 is 1.00 bits per heavy atom. The zero-order chi connectivity index (χ0) is 24.0. The number of rotatable bonds is 7. The van der Waals surface area contributed by atoms with Crippen molar-refractivity contribution in [3.8, 4) is 0 Å². The summed E-state index contributed by atoms with van der Waals surface area (Å²) in [6, 6.07) is 7.22. The van der Waals surface area contributed by atoms with Crippen LogP contribution in [0.4, 0.5) is 0 Å². The maximum atomic E-state index is 13.1. The zero-order valence-corrected chi connectivity index (χ0v) is 20.1. The standard InChI is InChI=1S/C29H35NO4/c1-4-16(2)5-6-17(3)28(31)33-26-22-14-23(25-21-12-11-20(13-21)24(22)25)27(26)34-29(32)19-9-7-18(15-30)8-10-19/h4-10,20-27H,3,11-15,30H2,1-2H3/b6-5-,16-4-. The lowest BCUT2D eigenvalue weighted by Crippen LogP contribution is -2.48. The first-order valence-electron chi connectivity index (χ1n) is 12.6. The van der Waals surface area contributed by atoms with E-state index >= 15 is 0 Å². The van der Waals surface area contributed by atoms with Gasteiger partial charge in [0.15, 0.2) is 0 Å². The fourth-order valence-electron chi connectivity index (χ4n) is 7.35. The van der Waals surface area contributed by atoms with Gasteiger partial charge >= 0.3 is 11.9 Å². The highest BCUT2D eigenvalue weighted by Gasteiger charge is 2.68. The van der Waals surface area contributed by atoms with Crippen LogP contribution in [0.2, 0.25) is 0 Å². The molecule has 0 radical (unpaired) electrons. The first-order valence-corrected chi connectivity index (χ1v) is 12.6. The van der Waals surface area contributed by atoms with Crippen molar-refractivity contribution >= 4 is 11.9 Å². The Morgan fingerprint density at radius 2 is 1.62 bits per heavy atom. The number of hydrogen-bond acceptors (Lipinski definition) is 5. The van der Waals surface area contributed by atoms with Gasteiger partial charge in [-0.25, -0.2) is 9.59 Å². The van der Waals surface area contributed by atoms with E-state index in [0.29, 0.717) is 29.5 Å². The van der Waals surface area contributed by atoms with E-state index in [1.54, 1.807) is 18.2 Å². The van der Waals surface area contributed by atoms with E-state index in [2.05, 4.69) is 6.58 Å². The van der Waals surface area contributed by atoms with Gasteiger partial charge in [-0.05, 0) is 87.0 Å². The van der Waals surface area contributed by atoms with Crippen molar-refractivity contribution in [1.82, 2.24) is 0 Å². The smallest absolute Gasteiger partial charge is 0.338 e. The third-order valence-electron chi connectivity index (χ3n) is 8.92. The van der Waals surface area contributed by atoms with E-state index in [0.717, 1.165) is 29.4 Å². The van der Waals surface area contributed by atoms with Gasteiger partial charge in [0.1, 0.15) is 12.2 Å². The molecular weight excluding hydrogens is 426 g/mol. The van der Waals surface area contributed by atoms with Crippen molar-refractivity contribution < 1.29 is 19.1 Å². The number of esters is 2. The Labute approximate surface area is 202 Å². The van der Waals surface area contributed by atoms with Crippen LogP contribution >= 0.6 is 0 Å². The van der Waals surface area contributed by atoms with E-state index in [9.17, 15) is 9.59 Å². The summed E-state index contributed by atoms with van der Waals surface area (Å²) in [4.78, 5) is 26.0. The predicted molar refractivity (Wildman–Crippen MR) is 131 cm³/mol. The molecule has 0 aliphatic heterocycles. The number of carbonyl (C=O) groups excluding carboxylic acids is 2. The molecule has 0 saturated heterocycles. The zero-order valence-electron chi connectivity index (χ0n) is 20.1.